The zero-order chi connectivity index (χ0) is 15.0. The Morgan fingerprint density at radius 1 is 1.13 bits per heavy atom. The Hall–Kier alpha value is -3.42. The van der Waals surface area contributed by atoms with Gasteiger partial charge in [-0.15, -0.1) is 11.6 Å². The summed E-state index contributed by atoms with van der Waals surface area (Å²) in [6.07, 6.45) is 1.97. The van der Waals surface area contributed by atoms with Crippen LogP contribution in [0.3, 0.4) is 0 Å². The van der Waals surface area contributed by atoms with Gasteiger partial charge in [-0.25, -0.2) is 4.58 Å². The van der Waals surface area contributed by atoms with Gasteiger partial charge in [0.1, 0.15) is 18.6 Å². The molecular formula is C19H17BkN3. The molecular weight excluding hydrogens is 517 g/mol. The molecule has 117 valence electrons. The molecule has 3 heterocycles. The van der Waals surface area contributed by atoms with E-state index in [4.69, 9.17) is 4.98 Å². The fraction of sp³-hybridized carbons (Fsp3) is 0.263. The molecule has 3 aromatic rings. The Balaban J connectivity index is 0.00000135. The first-order valence-electron chi connectivity index (χ1n) is 7.75. The summed E-state index contributed by atoms with van der Waals surface area (Å²) >= 11 is 0. The van der Waals surface area contributed by atoms with E-state index in [1.807, 2.05) is 6.07 Å². The first-order chi connectivity index (χ1) is 10.6. The molecule has 0 bridgehead atoms. The molecule has 0 saturated carbocycles. The minimum atomic E-state index is 0. The van der Waals surface area contributed by atoms with Crippen molar-refractivity contribution in [1.82, 2.24) is 9.55 Å². The number of aromatic nitrogens is 2. The van der Waals surface area contributed by atoms with Gasteiger partial charge in [0.15, 0.2) is 5.71 Å². The summed E-state index contributed by atoms with van der Waals surface area (Å²) in [4.78, 5) is 4.86. The van der Waals surface area contributed by atoms with Crippen LogP contribution < -0.4 is 0 Å². The van der Waals surface area contributed by atoms with E-state index in [9.17, 15) is 0 Å². The first-order valence-corrected chi connectivity index (χ1v) is 7.75. The molecule has 0 spiro atoms. The third kappa shape index (κ3) is 1.44. The van der Waals surface area contributed by atoms with Gasteiger partial charge in [-0.1, -0.05) is 19.1 Å². The number of fused-ring (bicyclic) bond motifs is 7. The monoisotopic (exact) mass is 534 g/mol. The Morgan fingerprint density at radius 3 is 2.74 bits per heavy atom. The number of benzene rings is 2. The Labute approximate surface area is 129 Å². The molecule has 0 atom stereocenters. The molecule has 0 unspecified atom stereocenters. The minimum Gasteiger partial charge on any atom is -0.346 e. The SMILES string of the molecule is CC1=[N+](C)c2c(ccc3c2-n2c(nc4cc[c-]c(C)c42)C3)C1.[Bk]. The van der Waals surface area contributed by atoms with E-state index in [1.165, 1.54) is 39.3 Å². The van der Waals surface area contributed by atoms with E-state index in [1.54, 1.807) is 0 Å². The quantitative estimate of drug-likeness (QED) is 0.251. The van der Waals surface area contributed by atoms with Crippen LogP contribution in [0.15, 0.2) is 24.3 Å². The standard InChI is InChI=1S/C19H17N3.Bk/c1-11-5-4-6-15-17(11)22-16(20-15)10-14-8-7-13-9-12(2)21(3)18(13)19(14)22;/h4,6-8H,9-10H2,1-3H3;. The molecule has 2 aromatic carbocycles. The summed E-state index contributed by atoms with van der Waals surface area (Å²) in [5.74, 6) is 1.15. The van der Waals surface area contributed by atoms with Crippen molar-refractivity contribution in [2.45, 2.75) is 26.7 Å². The average Bonchev–Trinajstić information content (AvgIpc) is 3.10. The van der Waals surface area contributed by atoms with Crippen molar-refractivity contribution in [1.29, 1.82) is 0 Å². The van der Waals surface area contributed by atoms with Gasteiger partial charge in [-0.2, -0.15) is 12.1 Å². The molecule has 2 aliphatic rings. The smallest absolute Gasteiger partial charge is 0.232 e. The van der Waals surface area contributed by atoms with Crippen LogP contribution in [0, 0.1) is 13.0 Å². The van der Waals surface area contributed by atoms with Crippen molar-refractivity contribution >= 4 is 22.4 Å². The van der Waals surface area contributed by atoms with Crippen molar-refractivity contribution in [2.24, 2.45) is 0 Å². The zero-order valence-electron chi connectivity index (χ0n) is 13.4. The van der Waals surface area contributed by atoms with E-state index in [2.05, 4.69) is 54.3 Å². The average molecular weight is 534 g/mol. The minimum absolute atomic E-state index is 0. The Bertz CT molecular complexity index is 1010. The van der Waals surface area contributed by atoms with E-state index in [0.717, 1.165) is 24.2 Å². The van der Waals surface area contributed by atoms with E-state index in [0.29, 0.717) is 0 Å². The van der Waals surface area contributed by atoms with E-state index in [-0.39, 0.29) is 0 Å². The molecule has 3 nitrogen and oxygen atoms in total. The van der Waals surface area contributed by atoms with Gasteiger partial charge in [-0.05, 0) is 16.6 Å². The summed E-state index contributed by atoms with van der Waals surface area (Å²) in [5, 5.41) is 0. The third-order valence-corrected chi connectivity index (χ3v) is 5.11. The largest absolute Gasteiger partial charge is 0.346 e. The van der Waals surface area contributed by atoms with E-state index >= 15 is 0 Å². The number of nitrogens with zero attached hydrogens (tertiary/aromatic N) is 3. The summed E-state index contributed by atoms with van der Waals surface area (Å²) in [5.41, 5.74) is 10.4. The van der Waals surface area contributed by atoms with Crippen LogP contribution in [-0.4, -0.2) is 26.9 Å². The van der Waals surface area contributed by atoms with Gasteiger partial charge >= 0.3 is 0 Å². The summed E-state index contributed by atoms with van der Waals surface area (Å²) in [6.45, 7) is 4.34. The fourth-order valence-corrected chi connectivity index (χ4v) is 3.96. The molecule has 5 rings (SSSR count). The number of rotatable bonds is 0. The van der Waals surface area contributed by atoms with Crippen molar-refractivity contribution in [2.75, 3.05) is 7.05 Å². The van der Waals surface area contributed by atoms with Crippen LogP contribution in [0.4, 0.5) is 5.69 Å². The summed E-state index contributed by atoms with van der Waals surface area (Å²) in [7, 11) is 2.18. The van der Waals surface area contributed by atoms with Crippen molar-refractivity contribution < 1.29 is 4.58 Å². The zero-order valence-corrected chi connectivity index (χ0v) is 16.2. The van der Waals surface area contributed by atoms with E-state index < -0.39 is 0 Å². The van der Waals surface area contributed by atoms with Crippen LogP contribution in [0.25, 0.3) is 16.7 Å². The third-order valence-electron chi connectivity index (χ3n) is 5.11. The second-order valence-electron chi connectivity index (χ2n) is 6.43. The van der Waals surface area contributed by atoms with Crippen molar-refractivity contribution in [3.8, 4) is 5.69 Å². The summed E-state index contributed by atoms with van der Waals surface area (Å²) < 4.78 is 4.71. The maximum Gasteiger partial charge on any atom is 0.232 e. The molecule has 4 heteroatoms. The van der Waals surface area contributed by atoms with Gasteiger partial charge in [0.05, 0.1) is 6.42 Å². The van der Waals surface area contributed by atoms with Gasteiger partial charge < -0.3 is 4.57 Å². The predicted octanol–water partition coefficient (Wildman–Crippen LogP) is 3.33. The second kappa shape index (κ2) is 4.07. The van der Waals surface area contributed by atoms with Gasteiger partial charge in [0.25, 0.3) is 0 Å². The maximum atomic E-state index is 4.86. The fourth-order valence-electron chi connectivity index (χ4n) is 3.96. The second-order valence-corrected chi connectivity index (χ2v) is 6.43. The van der Waals surface area contributed by atoms with Crippen molar-refractivity contribution in [3.05, 3.63) is 52.8 Å². The molecule has 0 amide bonds. The molecule has 0 fully saturated rings. The summed E-state index contributed by atoms with van der Waals surface area (Å²) in [6, 6.07) is 11.9. The van der Waals surface area contributed by atoms with Crippen molar-refractivity contribution in [3.63, 3.8) is 0 Å². The molecule has 0 saturated heterocycles. The van der Waals surface area contributed by atoms with Crippen LogP contribution in [0.1, 0.15) is 29.4 Å². The molecule has 2 aliphatic heterocycles. The van der Waals surface area contributed by atoms with Gasteiger partial charge in [0.2, 0.25) is 5.69 Å². The molecule has 0 aliphatic carbocycles. The maximum absolute atomic E-state index is 4.86. The predicted molar refractivity (Wildman–Crippen MR) is 87.7 cm³/mol. The number of imidazole rings is 1. The molecule has 1 radical (unpaired) electrons. The molecule has 0 N–H and O–H groups in total. The number of hydrogen-bond donors (Lipinski definition) is 0. The molecule has 1 aromatic heterocycles. The first kappa shape index (κ1) is 13.3. The van der Waals surface area contributed by atoms with Crippen LogP contribution in [-0.2, 0) is 12.8 Å². The Morgan fingerprint density at radius 2 is 1.91 bits per heavy atom. The van der Waals surface area contributed by atoms with Crippen LogP contribution in [0.5, 0.6) is 0 Å². The molecule has 23 heavy (non-hydrogen) atoms. The normalized spacial score (nSPS) is 14.7. The Kier molecular flexibility index (Phi) is 2.34. The topological polar surface area (TPSA) is 20.8 Å². The number of hydrogen-bond acceptors (Lipinski definition) is 1. The van der Waals surface area contributed by atoms with Gasteiger partial charge in [-0.3, -0.25) is 4.98 Å². The van der Waals surface area contributed by atoms with Crippen LogP contribution >= 0.6 is 0 Å². The van der Waals surface area contributed by atoms with Crippen LogP contribution in [0.2, 0.25) is 0 Å². The van der Waals surface area contributed by atoms with Gasteiger partial charge in [0, 0.05) is 18.9 Å². The number of aryl methyl sites for hydroxylation is 1.